The van der Waals surface area contributed by atoms with Gasteiger partial charge in [-0.3, -0.25) is 0 Å². The molecule has 0 spiro atoms. The first-order valence-corrected chi connectivity index (χ1v) is 10.8. The van der Waals surface area contributed by atoms with E-state index < -0.39 is 6.10 Å². The highest BCUT2D eigenvalue weighted by Crippen LogP contribution is 2.40. The maximum absolute atomic E-state index is 10.8. The molecule has 2 heterocycles. The van der Waals surface area contributed by atoms with Crippen LogP contribution in [0.3, 0.4) is 0 Å². The molecule has 6 heteroatoms. The van der Waals surface area contributed by atoms with Crippen LogP contribution in [0.1, 0.15) is 12.8 Å². The topological polar surface area (TPSA) is 54.8 Å². The Balaban J connectivity index is 1.31. The number of aromatic nitrogens is 1. The molecule has 1 saturated heterocycles. The first-order chi connectivity index (χ1) is 14.6. The number of methoxy groups -OCH3 is 1. The molecule has 2 fully saturated rings. The van der Waals surface area contributed by atoms with Crippen LogP contribution in [0.4, 0.5) is 5.82 Å². The molecule has 156 valence electrons. The van der Waals surface area contributed by atoms with Crippen molar-refractivity contribution in [2.75, 3.05) is 25.1 Å². The molecule has 3 aromatic rings. The minimum atomic E-state index is -0.484. The Hall–Kier alpha value is -2.50. The molecule has 1 aliphatic carbocycles. The fraction of sp³-hybridized carbons (Fsp3) is 0.375. The highest BCUT2D eigenvalue weighted by atomic mass is 35.5. The molecule has 1 aliphatic heterocycles. The Labute approximate surface area is 181 Å². The number of nitrogens with zero attached hydrogens (tertiary/aromatic N) is 2. The monoisotopic (exact) mass is 424 g/mol. The average Bonchev–Trinajstić information content (AvgIpc) is 3.16. The summed E-state index contributed by atoms with van der Waals surface area (Å²) in [7, 11) is 1.63. The molecular formula is C24H25ClN2O3. The molecule has 1 aromatic heterocycles. The zero-order valence-corrected chi connectivity index (χ0v) is 17.6. The predicted molar refractivity (Wildman–Crippen MR) is 119 cm³/mol. The molecule has 2 aromatic carbocycles. The Morgan fingerprint density at radius 1 is 1.00 bits per heavy atom. The van der Waals surface area contributed by atoms with E-state index in [1.54, 1.807) is 7.11 Å². The Morgan fingerprint density at radius 2 is 1.77 bits per heavy atom. The van der Waals surface area contributed by atoms with Gasteiger partial charge in [-0.15, -0.1) is 0 Å². The summed E-state index contributed by atoms with van der Waals surface area (Å²) in [5.41, 5.74) is 0.948. The summed E-state index contributed by atoms with van der Waals surface area (Å²) < 4.78 is 11.6. The maximum Gasteiger partial charge on any atom is 0.161 e. The summed E-state index contributed by atoms with van der Waals surface area (Å²) in [4.78, 5) is 7.18. The molecule has 1 N–H and O–H groups in total. The molecule has 5 rings (SSSR count). The second-order valence-corrected chi connectivity index (χ2v) is 8.71. The molecule has 5 nitrogen and oxygen atoms in total. The van der Waals surface area contributed by atoms with Crippen molar-refractivity contribution in [2.45, 2.75) is 25.0 Å². The minimum absolute atomic E-state index is 0.228. The van der Waals surface area contributed by atoms with Gasteiger partial charge in [0.15, 0.2) is 11.5 Å². The van der Waals surface area contributed by atoms with Gasteiger partial charge in [0.25, 0.3) is 0 Å². The lowest BCUT2D eigenvalue weighted by Gasteiger charge is -2.35. The second-order valence-electron chi connectivity index (χ2n) is 8.28. The largest absolute Gasteiger partial charge is 0.493 e. The van der Waals surface area contributed by atoms with Crippen molar-refractivity contribution in [1.82, 2.24) is 4.98 Å². The molecule has 2 aliphatic rings. The highest BCUT2D eigenvalue weighted by Gasteiger charge is 2.43. The second kappa shape index (κ2) is 7.97. The first kappa shape index (κ1) is 19.5. The van der Waals surface area contributed by atoms with Crippen molar-refractivity contribution in [3.63, 3.8) is 0 Å². The number of anilines is 1. The average molecular weight is 425 g/mol. The van der Waals surface area contributed by atoms with Crippen LogP contribution in [0.2, 0.25) is 5.02 Å². The van der Waals surface area contributed by atoms with Crippen LogP contribution in [0, 0.1) is 11.8 Å². The van der Waals surface area contributed by atoms with E-state index in [2.05, 4.69) is 17.0 Å². The summed E-state index contributed by atoms with van der Waals surface area (Å²) in [6.07, 6.45) is 0.852. The molecule has 0 bridgehead atoms. The van der Waals surface area contributed by atoms with Gasteiger partial charge < -0.3 is 19.5 Å². The number of pyridine rings is 1. The van der Waals surface area contributed by atoms with Gasteiger partial charge in [0, 0.05) is 23.5 Å². The number of rotatable bonds is 4. The lowest BCUT2D eigenvalue weighted by atomic mass is 9.78. The third-order valence-corrected chi connectivity index (χ3v) is 6.63. The van der Waals surface area contributed by atoms with Gasteiger partial charge in [-0.2, -0.15) is 0 Å². The number of benzene rings is 2. The van der Waals surface area contributed by atoms with E-state index in [1.165, 1.54) is 0 Å². The van der Waals surface area contributed by atoms with Crippen molar-refractivity contribution in [3.05, 3.63) is 59.6 Å². The number of hydrogen-bond donors (Lipinski definition) is 1. The summed E-state index contributed by atoms with van der Waals surface area (Å²) in [6.45, 7) is 1.84. The number of aliphatic hydroxyl groups is 1. The lowest BCUT2D eigenvalue weighted by molar-refractivity contribution is -0.0240. The molecule has 0 amide bonds. The lowest BCUT2D eigenvalue weighted by Crippen LogP contribution is -2.42. The Morgan fingerprint density at radius 3 is 2.57 bits per heavy atom. The van der Waals surface area contributed by atoms with E-state index in [0.29, 0.717) is 23.3 Å². The molecule has 0 unspecified atom stereocenters. The molecule has 30 heavy (non-hydrogen) atoms. The fourth-order valence-electron chi connectivity index (χ4n) is 4.85. The van der Waals surface area contributed by atoms with Gasteiger partial charge in [0.1, 0.15) is 11.9 Å². The Bertz CT molecular complexity index is 1060. The van der Waals surface area contributed by atoms with Crippen LogP contribution in [0.25, 0.3) is 10.9 Å². The third-order valence-electron chi connectivity index (χ3n) is 6.39. The van der Waals surface area contributed by atoms with Gasteiger partial charge >= 0.3 is 0 Å². The van der Waals surface area contributed by atoms with E-state index in [-0.39, 0.29) is 6.10 Å². The van der Waals surface area contributed by atoms with Crippen LogP contribution < -0.4 is 14.4 Å². The summed E-state index contributed by atoms with van der Waals surface area (Å²) in [5.74, 6) is 3.28. The van der Waals surface area contributed by atoms with Crippen molar-refractivity contribution in [2.24, 2.45) is 11.8 Å². The third kappa shape index (κ3) is 3.68. The molecule has 4 atom stereocenters. The van der Waals surface area contributed by atoms with Crippen LogP contribution in [0.15, 0.2) is 54.6 Å². The number of hydrogen-bond acceptors (Lipinski definition) is 5. The normalized spacial score (nSPS) is 25.9. The maximum atomic E-state index is 10.8. The first-order valence-electron chi connectivity index (χ1n) is 10.4. The van der Waals surface area contributed by atoms with E-state index in [9.17, 15) is 5.11 Å². The van der Waals surface area contributed by atoms with Crippen molar-refractivity contribution >= 4 is 28.3 Å². The standard InChI is InChI=1S/C24H25ClN2O3/c1-29-21-4-2-3-5-22(21)30-23-12-17-14-27(13-16(17)11-20(23)28)24-9-6-15-10-18(25)7-8-19(15)26-24/h2-10,16-17,20,23,28H,11-14H2,1H3/t16-,17+,20+,23+/m0/s1. The number of para-hydroxylation sites is 2. The fourth-order valence-corrected chi connectivity index (χ4v) is 5.03. The SMILES string of the molecule is COc1ccccc1O[C@@H]1C[C@@H]2CN(c3ccc4cc(Cl)ccc4n3)C[C@@H]2C[C@H]1O. The Kier molecular flexibility index (Phi) is 5.17. The van der Waals surface area contributed by atoms with Crippen LogP contribution in [-0.2, 0) is 0 Å². The van der Waals surface area contributed by atoms with Gasteiger partial charge in [-0.1, -0.05) is 23.7 Å². The molecule has 0 radical (unpaired) electrons. The number of halogens is 1. The van der Waals surface area contributed by atoms with E-state index in [4.69, 9.17) is 26.1 Å². The number of fused-ring (bicyclic) bond motifs is 2. The number of aliphatic hydroxyl groups excluding tert-OH is 1. The van der Waals surface area contributed by atoms with E-state index in [1.807, 2.05) is 42.5 Å². The van der Waals surface area contributed by atoms with Gasteiger partial charge in [0.05, 0.1) is 18.7 Å². The van der Waals surface area contributed by atoms with Crippen molar-refractivity contribution in [1.29, 1.82) is 0 Å². The quantitative estimate of drug-likeness (QED) is 0.665. The van der Waals surface area contributed by atoms with Gasteiger partial charge in [-0.25, -0.2) is 4.98 Å². The smallest absolute Gasteiger partial charge is 0.161 e. The zero-order valence-electron chi connectivity index (χ0n) is 16.9. The van der Waals surface area contributed by atoms with Crippen LogP contribution >= 0.6 is 11.6 Å². The molecular weight excluding hydrogens is 400 g/mol. The van der Waals surface area contributed by atoms with Crippen LogP contribution in [-0.4, -0.2) is 42.5 Å². The van der Waals surface area contributed by atoms with E-state index >= 15 is 0 Å². The van der Waals surface area contributed by atoms with Gasteiger partial charge in [0.2, 0.25) is 0 Å². The number of ether oxygens (including phenoxy) is 2. The van der Waals surface area contributed by atoms with Crippen molar-refractivity contribution in [3.8, 4) is 11.5 Å². The minimum Gasteiger partial charge on any atom is -0.493 e. The summed E-state index contributed by atoms with van der Waals surface area (Å²) >= 11 is 6.09. The van der Waals surface area contributed by atoms with Crippen LogP contribution in [0.5, 0.6) is 11.5 Å². The van der Waals surface area contributed by atoms with Gasteiger partial charge in [-0.05, 0) is 67.1 Å². The zero-order chi connectivity index (χ0) is 20.7. The predicted octanol–water partition coefficient (Wildman–Crippen LogP) is 4.55. The molecule has 1 saturated carbocycles. The highest BCUT2D eigenvalue weighted by molar-refractivity contribution is 6.31. The summed E-state index contributed by atoms with van der Waals surface area (Å²) in [5, 5.41) is 12.5. The van der Waals surface area contributed by atoms with Crippen molar-refractivity contribution < 1.29 is 14.6 Å². The summed E-state index contributed by atoms with van der Waals surface area (Å²) in [6, 6.07) is 17.5. The van der Waals surface area contributed by atoms with E-state index in [0.717, 1.165) is 47.7 Å².